The van der Waals surface area contributed by atoms with Crippen molar-refractivity contribution < 1.29 is 19.1 Å². The summed E-state index contributed by atoms with van der Waals surface area (Å²) >= 11 is 4.97. The number of amides is 2. The Bertz CT molecular complexity index is 1540. The lowest BCUT2D eigenvalue weighted by Gasteiger charge is -2.22. The molecule has 0 atom stereocenters. The van der Waals surface area contributed by atoms with Crippen molar-refractivity contribution in [3.63, 3.8) is 0 Å². The normalized spacial score (nSPS) is 13.4. The maximum Gasteiger partial charge on any atom is 0.267 e. The second kappa shape index (κ2) is 11.2. The first-order valence-corrected chi connectivity index (χ1v) is 14.4. The summed E-state index contributed by atoms with van der Waals surface area (Å²) in [6.07, 6.45) is 0.678. The molecule has 0 spiro atoms. The number of halogens is 1. The molecule has 9 heteroatoms. The predicted octanol–water partition coefficient (Wildman–Crippen LogP) is 5.64. The fourth-order valence-electron chi connectivity index (χ4n) is 4.84. The molecule has 0 radical (unpaired) electrons. The van der Waals surface area contributed by atoms with Crippen LogP contribution in [0.3, 0.4) is 0 Å². The Morgan fingerprint density at radius 2 is 1.74 bits per heavy atom. The molecule has 1 N–H and O–H groups in total. The number of hydrogen-bond donors (Lipinski definition) is 1. The van der Waals surface area contributed by atoms with Crippen molar-refractivity contribution in [1.82, 2.24) is 9.88 Å². The van der Waals surface area contributed by atoms with E-state index in [1.807, 2.05) is 88.3 Å². The lowest BCUT2D eigenvalue weighted by atomic mass is 10.1. The van der Waals surface area contributed by atoms with Gasteiger partial charge in [0.25, 0.3) is 5.91 Å². The fraction of sp³-hybridized carbons (Fsp3) is 0.200. The lowest BCUT2D eigenvalue weighted by Crippen LogP contribution is -2.32. The number of thioether (sulfide) groups is 1. The topological polar surface area (TPSA) is 72.8 Å². The molecule has 0 saturated heterocycles. The van der Waals surface area contributed by atoms with Gasteiger partial charge in [-0.25, -0.2) is 0 Å². The molecule has 0 aliphatic carbocycles. The second-order valence-corrected chi connectivity index (χ2v) is 11.3. The van der Waals surface area contributed by atoms with Crippen LogP contribution in [0.15, 0.2) is 88.2 Å². The van der Waals surface area contributed by atoms with Gasteiger partial charge >= 0.3 is 0 Å². The molecule has 0 fully saturated rings. The SMILES string of the molecule is O=C(NCCc1ccc2c(c1)OCO2)c1ccc2n1Cc1ccccc1N(C(=O)CSc1ccc(Br)cc1)C2. The molecule has 0 saturated carbocycles. The van der Waals surface area contributed by atoms with Crippen LogP contribution >= 0.6 is 27.7 Å². The first kappa shape index (κ1) is 25.6. The van der Waals surface area contributed by atoms with Crippen LogP contribution < -0.4 is 19.7 Å². The van der Waals surface area contributed by atoms with Crippen LogP contribution in [-0.2, 0) is 24.3 Å². The van der Waals surface area contributed by atoms with Crippen molar-refractivity contribution in [3.05, 3.63) is 106 Å². The molecule has 1 aromatic heterocycles. The maximum atomic E-state index is 13.4. The molecule has 6 rings (SSSR count). The zero-order valence-corrected chi connectivity index (χ0v) is 23.5. The molecule has 39 heavy (non-hydrogen) atoms. The van der Waals surface area contributed by atoms with Gasteiger partial charge in [0.2, 0.25) is 12.7 Å². The number of para-hydroxylation sites is 1. The van der Waals surface area contributed by atoms with Crippen molar-refractivity contribution in [3.8, 4) is 11.5 Å². The van der Waals surface area contributed by atoms with Gasteiger partial charge in [0, 0.05) is 27.3 Å². The summed E-state index contributed by atoms with van der Waals surface area (Å²) in [7, 11) is 0. The molecule has 0 unspecified atom stereocenters. The van der Waals surface area contributed by atoms with Gasteiger partial charge in [-0.3, -0.25) is 9.59 Å². The number of fused-ring (bicyclic) bond motifs is 3. The number of hydrogen-bond acceptors (Lipinski definition) is 5. The van der Waals surface area contributed by atoms with Gasteiger partial charge in [-0.2, -0.15) is 0 Å². The third-order valence-electron chi connectivity index (χ3n) is 6.85. The molecular weight excluding hydrogens is 578 g/mol. The lowest BCUT2D eigenvalue weighted by molar-refractivity contribution is -0.116. The predicted molar refractivity (Wildman–Crippen MR) is 155 cm³/mol. The molecule has 4 aromatic rings. The van der Waals surface area contributed by atoms with Crippen LogP contribution in [0.5, 0.6) is 11.5 Å². The Morgan fingerprint density at radius 1 is 0.923 bits per heavy atom. The Morgan fingerprint density at radius 3 is 2.62 bits per heavy atom. The Balaban J connectivity index is 1.15. The number of rotatable bonds is 7. The van der Waals surface area contributed by atoms with Gasteiger partial charge in [0.15, 0.2) is 11.5 Å². The van der Waals surface area contributed by atoms with E-state index < -0.39 is 0 Å². The highest BCUT2D eigenvalue weighted by Gasteiger charge is 2.26. The van der Waals surface area contributed by atoms with Crippen molar-refractivity contribution >= 4 is 45.2 Å². The quantitative estimate of drug-likeness (QED) is 0.277. The smallest absolute Gasteiger partial charge is 0.267 e. The molecule has 0 bridgehead atoms. The van der Waals surface area contributed by atoms with Crippen LogP contribution in [0.1, 0.15) is 27.3 Å². The van der Waals surface area contributed by atoms with Crippen molar-refractivity contribution in [1.29, 1.82) is 0 Å². The zero-order chi connectivity index (χ0) is 26.8. The van der Waals surface area contributed by atoms with E-state index in [-0.39, 0.29) is 18.6 Å². The molecule has 2 amide bonds. The molecular formula is C30H26BrN3O4S. The summed E-state index contributed by atoms with van der Waals surface area (Å²) in [4.78, 5) is 29.5. The minimum absolute atomic E-state index is 0.0275. The number of carbonyl (C=O) groups excluding carboxylic acids is 2. The van der Waals surface area contributed by atoms with Gasteiger partial charge < -0.3 is 24.3 Å². The fourth-order valence-corrected chi connectivity index (χ4v) is 5.88. The minimum atomic E-state index is -0.134. The monoisotopic (exact) mass is 603 g/mol. The van der Waals surface area contributed by atoms with Gasteiger partial charge in [0.05, 0.1) is 18.8 Å². The van der Waals surface area contributed by atoms with E-state index in [1.165, 1.54) is 11.8 Å². The maximum absolute atomic E-state index is 13.4. The Kier molecular flexibility index (Phi) is 7.34. The van der Waals surface area contributed by atoms with Crippen molar-refractivity contribution in [2.75, 3.05) is 24.0 Å². The molecule has 2 aliphatic rings. The molecule has 198 valence electrons. The average molecular weight is 605 g/mol. The highest BCUT2D eigenvalue weighted by molar-refractivity contribution is 9.10. The van der Waals surface area contributed by atoms with Crippen LogP contribution in [0.4, 0.5) is 5.69 Å². The number of nitrogens with zero attached hydrogens (tertiary/aromatic N) is 2. The van der Waals surface area contributed by atoms with Crippen LogP contribution in [0, 0.1) is 0 Å². The average Bonchev–Trinajstić information content (AvgIpc) is 3.54. The summed E-state index contributed by atoms with van der Waals surface area (Å²) in [6.45, 7) is 1.66. The van der Waals surface area contributed by atoms with E-state index in [0.29, 0.717) is 37.5 Å². The molecule has 2 aliphatic heterocycles. The van der Waals surface area contributed by atoms with Gasteiger partial charge in [-0.15, -0.1) is 11.8 Å². The Labute approximate surface area is 239 Å². The summed E-state index contributed by atoms with van der Waals surface area (Å²) in [5.74, 6) is 1.70. The van der Waals surface area contributed by atoms with Gasteiger partial charge in [0.1, 0.15) is 5.69 Å². The standard InChI is InChI=1S/C30H26BrN3O4S/c31-22-6-9-24(10-7-22)39-18-29(35)34-17-23-8-11-26(33(23)16-21-3-1-2-4-25(21)34)30(36)32-14-13-20-5-12-27-28(15-20)38-19-37-27/h1-12,15H,13-14,16-19H2,(H,32,36). The zero-order valence-electron chi connectivity index (χ0n) is 21.1. The van der Waals surface area contributed by atoms with Gasteiger partial charge in [-0.05, 0) is 72.1 Å². The van der Waals surface area contributed by atoms with Crippen molar-refractivity contribution in [2.45, 2.75) is 24.4 Å². The number of nitrogens with one attached hydrogen (secondary N) is 1. The van der Waals surface area contributed by atoms with E-state index >= 15 is 0 Å². The first-order valence-electron chi connectivity index (χ1n) is 12.7. The highest BCUT2D eigenvalue weighted by atomic mass is 79.9. The van der Waals surface area contributed by atoms with Crippen LogP contribution in [0.2, 0.25) is 0 Å². The molecule has 7 nitrogen and oxygen atoms in total. The number of benzene rings is 3. The van der Waals surface area contributed by atoms with E-state index in [9.17, 15) is 9.59 Å². The summed E-state index contributed by atoms with van der Waals surface area (Å²) in [5.41, 5.74) is 4.47. The van der Waals surface area contributed by atoms with E-state index in [1.54, 1.807) is 0 Å². The largest absolute Gasteiger partial charge is 0.454 e. The van der Waals surface area contributed by atoms with E-state index in [2.05, 4.69) is 21.2 Å². The Hall–Kier alpha value is -3.69. The minimum Gasteiger partial charge on any atom is -0.454 e. The third kappa shape index (κ3) is 5.55. The number of ether oxygens (including phenoxy) is 2. The van der Waals surface area contributed by atoms with Crippen LogP contribution in [-0.4, -0.2) is 35.5 Å². The molecule has 3 heterocycles. The summed E-state index contributed by atoms with van der Waals surface area (Å²) < 4.78 is 13.8. The van der Waals surface area contributed by atoms with Crippen molar-refractivity contribution in [2.24, 2.45) is 0 Å². The van der Waals surface area contributed by atoms with E-state index in [4.69, 9.17) is 9.47 Å². The summed E-state index contributed by atoms with van der Waals surface area (Å²) in [6, 6.07) is 25.5. The number of anilines is 1. The highest BCUT2D eigenvalue weighted by Crippen LogP contribution is 2.33. The van der Waals surface area contributed by atoms with Crippen LogP contribution in [0.25, 0.3) is 0 Å². The number of carbonyl (C=O) groups is 2. The first-order chi connectivity index (χ1) is 19.0. The third-order valence-corrected chi connectivity index (χ3v) is 8.37. The number of aromatic nitrogens is 1. The van der Waals surface area contributed by atoms with Gasteiger partial charge in [-0.1, -0.05) is 40.2 Å². The van der Waals surface area contributed by atoms with E-state index in [0.717, 1.165) is 43.4 Å². The molecule has 3 aromatic carbocycles. The second-order valence-electron chi connectivity index (χ2n) is 9.34. The summed E-state index contributed by atoms with van der Waals surface area (Å²) in [5, 5.41) is 3.05.